The van der Waals surface area contributed by atoms with E-state index in [4.69, 9.17) is 0 Å². The number of carbonyl (C=O) groups excluding carboxylic acids is 2. The van der Waals surface area contributed by atoms with Gasteiger partial charge in [-0.3, -0.25) is 9.59 Å². The molecule has 3 radical (unpaired) electrons. The Hall–Kier alpha value is -1.06. The largest absolute Gasteiger partial charge is 0.468 e. The fourth-order valence-electron chi connectivity index (χ4n) is 0.665. The minimum Gasteiger partial charge on any atom is -0.468 e. The summed E-state index contributed by atoms with van der Waals surface area (Å²) in [5.74, 6) is -2.36. The third kappa shape index (κ3) is 2.53. The van der Waals surface area contributed by atoms with Gasteiger partial charge in [-0.05, 0) is 13.8 Å². The van der Waals surface area contributed by atoms with Gasteiger partial charge in [-0.15, -0.1) is 0 Å². The summed E-state index contributed by atoms with van der Waals surface area (Å²) in [6.45, 7) is 6.76. The number of hydrogen-bond donors (Lipinski definition) is 0. The first-order valence-corrected chi connectivity index (χ1v) is 3.21. The summed E-state index contributed by atoms with van der Waals surface area (Å²) in [5.41, 5.74) is 0. The van der Waals surface area contributed by atoms with E-state index >= 15 is 0 Å². The van der Waals surface area contributed by atoms with Crippen LogP contribution in [0.1, 0.15) is 0 Å². The third-order valence-electron chi connectivity index (χ3n) is 1.28. The van der Waals surface area contributed by atoms with Crippen molar-refractivity contribution < 1.29 is 19.1 Å². The van der Waals surface area contributed by atoms with E-state index in [1.165, 1.54) is 14.2 Å². The van der Waals surface area contributed by atoms with Crippen molar-refractivity contribution in [3.05, 3.63) is 19.8 Å². The van der Waals surface area contributed by atoms with Gasteiger partial charge in [0.2, 0.25) is 0 Å². The maximum absolute atomic E-state index is 10.9. The normalized spacial score (nSPS) is 10.2. The summed E-state index contributed by atoms with van der Waals surface area (Å²) >= 11 is 0. The molecule has 0 heterocycles. The molecule has 67 valence electrons. The predicted octanol–water partition coefficient (Wildman–Crippen LogP) is 0.191. The molecule has 4 nitrogen and oxygen atoms in total. The lowest BCUT2D eigenvalue weighted by molar-refractivity contribution is -0.157. The van der Waals surface area contributed by atoms with Crippen molar-refractivity contribution in [3.8, 4) is 0 Å². The molecule has 0 aromatic heterocycles. The van der Waals surface area contributed by atoms with Crippen molar-refractivity contribution in [2.75, 3.05) is 14.2 Å². The molecule has 0 spiro atoms. The molecule has 0 bridgehead atoms. The van der Waals surface area contributed by atoms with E-state index in [9.17, 15) is 9.59 Å². The quantitative estimate of drug-likeness (QED) is 0.449. The number of hydrogen-bond acceptors (Lipinski definition) is 4. The maximum Gasteiger partial charge on any atom is 0.320 e. The van der Waals surface area contributed by atoms with Crippen LogP contribution in [0.2, 0.25) is 0 Å². The molecule has 0 amide bonds. The van der Waals surface area contributed by atoms with Gasteiger partial charge >= 0.3 is 11.9 Å². The smallest absolute Gasteiger partial charge is 0.320 e. The summed E-state index contributed by atoms with van der Waals surface area (Å²) in [4.78, 5) is 21.9. The standard InChI is InChI=1S/C8H11O4/c1-5(2)6(7(9)11-3)8(10)12-4/h6H,1-2H2,3-4H3. The Bertz CT molecular complexity index is 158. The van der Waals surface area contributed by atoms with Crippen molar-refractivity contribution in [1.82, 2.24) is 0 Å². The molecule has 0 aromatic rings. The van der Waals surface area contributed by atoms with Crippen molar-refractivity contribution in [2.24, 2.45) is 5.92 Å². The van der Waals surface area contributed by atoms with Gasteiger partial charge in [-0.2, -0.15) is 0 Å². The number of carbonyl (C=O) groups is 2. The second-order valence-electron chi connectivity index (χ2n) is 2.14. The Labute approximate surface area is 71.8 Å². The zero-order valence-corrected chi connectivity index (χ0v) is 7.12. The van der Waals surface area contributed by atoms with Gasteiger partial charge < -0.3 is 9.47 Å². The molecule has 0 atom stereocenters. The molecule has 0 aliphatic rings. The van der Waals surface area contributed by atoms with E-state index in [0.717, 1.165) is 0 Å². The lowest BCUT2D eigenvalue weighted by Gasteiger charge is -2.14. The second kappa shape index (κ2) is 4.74. The van der Waals surface area contributed by atoms with E-state index in [2.05, 4.69) is 23.3 Å². The highest BCUT2D eigenvalue weighted by atomic mass is 16.5. The Morgan fingerprint density at radius 1 is 1.08 bits per heavy atom. The Morgan fingerprint density at radius 3 is 1.58 bits per heavy atom. The summed E-state index contributed by atoms with van der Waals surface area (Å²) in [5, 5.41) is 0. The van der Waals surface area contributed by atoms with Crippen LogP contribution in [0.25, 0.3) is 0 Å². The molecule has 0 unspecified atom stereocenters. The van der Waals surface area contributed by atoms with Crippen molar-refractivity contribution in [1.29, 1.82) is 0 Å². The van der Waals surface area contributed by atoms with Gasteiger partial charge in [0.25, 0.3) is 0 Å². The highest BCUT2D eigenvalue weighted by Gasteiger charge is 2.32. The SMILES string of the molecule is [CH2][C]([CH2])C(C(=O)OC)C(=O)OC. The van der Waals surface area contributed by atoms with E-state index < -0.39 is 17.9 Å². The molecule has 0 rings (SSSR count). The number of esters is 2. The zero-order valence-electron chi connectivity index (χ0n) is 7.12. The predicted molar refractivity (Wildman–Crippen MR) is 41.5 cm³/mol. The van der Waals surface area contributed by atoms with Crippen LogP contribution in [0, 0.1) is 25.7 Å². The van der Waals surface area contributed by atoms with Crippen LogP contribution in [0.3, 0.4) is 0 Å². The number of rotatable bonds is 3. The van der Waals surface area contributed by atoms with Crippen LogP contribution in [0.4, 0.5) is 0 Å². The van der Waals surface area contributed by atoms with Gasteiger partial charge in [0.1, 0.15) is 0 Å². The summed E-state index contributed by atoms with van der Waals surface area (Å²) in [6.07, 6.45) is 0. The minimum atomic E-state index is -1.11. The first-order chi connectivity index (χ1) is 5.54. The molecule has 0 fully saturated rings. The first kappa shape index (κ1) is 10.9. The molecule has 0 aromatic carbocycles. The minimum absolute atomic E-state index is 0.161. The van der Waals surface area contributed by atoms with Crippen molar-refractivity contribution in [2.45, 2.75) is 0 Å². The van der Waals surface area contributed by atoms with Gasteiger partial charge in [-0.25, -0.2) is 0 Å². The Morgan fingerprint density at radius 2 is 1.42 bits per heavy atom. The molecular weight excluding hydrogens is 160 g/mol. The van der Waals surface area contributed by atoms with E-state index in [-0.39, 0.29) is 5.92 Å². The average Bonchev–Trinajstić information content (AvgIpc) is 2.03. The van der Waals surface area contributed by atoms with Crippen LogP contribution >= 0.6 is 0 Å². The van der Waals surface area contributed by atoms with Gasteiger partial charge in [0.05, 0.1) is 14.2 Å². The monoisotopic (exact) mass is 171 g/mol. The topological polar surface area (TPSA) is 52.6 Å². The number of ether oxygens (including phenoxy) is 2. The number of methoxy groups -OCH3 is 2. The lowest BCUT2D eigenvalue weighted by Crippen LogP contribution is -2.30. The second-order valence-corrected chi connectivity index (χ2v) is 2.14. The average molecular weight is 171 g/mol. The molecule has 0 aliphatic heterocycles. The van der Waals surface area contributed by atoms with Crippen molar-refractivity contribution >= 4 is 11.9 Å². The van der Waals surface area contributed by atoms with Crippen LogP contribution in [-0.4, -0.2) is 26.2 Å². The summed E-state index contributed by atoms with van der Waals surface area (Å²) < 4.78 is 8.71. The van der Waals surface area contributed by atoms with Crippen LogP contribution in [0.15, 0.2) is 0 Å². The van der Waals surface area contributed by atoms with E-state index in [1.54, 1.807) is 0 Å². The highest BCUT2D eigenvalue weighted by molar-refractivity contribution is 5.97. The molecule has 4 heteroatoms. The van der Waals surface area contributed by atoms with Crippen LogP contribution in [0.5, 0.6) is 0 Å². The fourth-order valence-corrected chi connectivity index (χ4v) is 0.665. The van der Waals surface area contributed by atoms with Gasteiger partial charge in [-0.1, -0.05) is 0 Å². The molecule has 0 saturated carbocycles. The first-order valence-electron chi connectivity index (χ1n) is 3.21. The summed E-state index contributed by atoms with van der Waals surface area (Å²) in [6, 6.07) is 0. The van der Waals surface area contributed by atoms with Gasteiger partial charge in [0, 0.05) is 5.92 Å². The fraction of sp³-hybridized carbons (Fsp3) is 0.375. The molecule has 12 heavy (non-hydrogen) atoms. The molecular formula is C8H11O4. The zero-order chi connectivity index (χ0) is 9.72. The molecule has 0 saturated heterocycles. The van der Waals surface area contributed by atoms with E-state index in [0.29, 0.717) is 0 Å². The Kier molecular flexibility index (Phi) is 4.33. The molecule has 0 N–H and O–H groups in total. The molecule has 0 aliphatic carbocycles. The Balaban J connectivity index is 4.43. The lowest BCUT2D eigenvalue weighted by atomic mass is 9.96. The van der Waals surface area contributed by atoms with Gasteiger partial charge in [0.15, 0.2) is 5.92 Å². The van der Waals surface area contributed by atoms with E-state index in [1.807, 2.05) is 0 Å². The highest BCUT2D eigenvalue weighted by Crippen LogP contribution is 2.15. The van der Waals surface area contributed by atoms with Crippen LogP contribution < -0.4 is 0 Å². The maximum atomic E-state index is 10.9. The van der Waals surface area contributed by atoms with Crippen molar-refractivity contribution in [3.63, 3.8) is 0 Å². The third-order valence-corrected chi connectivity index (χ3v) is 1.28. The van der Waals surface area contributed by atoms with Crippen LogP contribution in [-0.2, 0) is 19.1 Å². The summed E-state index contributed by atoms with van der Waals surface area (Å²) in [7, 11) is 2.36.